The maximum Gasteiger partial charge on any atom is 0.232 e. The summed E-state index contributed by atoms with van der Waals surface area (Å²) in [5.41, 5.74) is 1.40. The van der Waals surface area contributed by atoms with E-state index in [9.17, 15) is 9.18 Å². The van der Waals surface area contributed by atoms with Crippen molar-refractivity contribution in [2.45, 2.75) is 38.6 Å². The van der Waals surface area contributed by atoms with Crippen molar-refractivity contribution in [2.75, 3.05) is 4.90 Å². The van der Waals surface area contributed by atoms with Gasteiger partial charge in [-0.05, 0) is 30.5 Å². The average molecular weight is 368 g/mol. The van der Waals surface area contributed by atoms with E-state index in [4.69, 9.17) is 0 Å². The summed E-state index contributed by atoms with van der Waals surface area (Å²) in [6, 6.07) is 14.9. The zero-order valence-electron chi connectivity index (χ0n) is 14.5. The third-order valence-electron chi connectivity index (χ3n) is 4.99. The van der Waals surface area contributed by atoms with Gasteiger partial charge in [0, 0.05) is 5.92 Å². The molecule has 1 saturated carbocycles. The SMILES string of the molecule is O=C(C1CCCCC1)N(Cc1ccccc1)c1nc2c(F)cccc2s1. The number of carbonyl (C=O) groups excluding carboxylic acids is 1. The van der Waals surface area contributed by atoms with Crippen molar-refractivity contribution in [3.8, 4) is 0 Å². The molecule has 0 unspecified atom stereocenters. The number of halogens is 1. The molecule has 0 spiro atoms. The lowest BCUT2D eigenvalue weighted by Gasteiger charge is -2.27. The molecule has 4 rings (SSSR count). The summed E-state index contributed by atoms with van der Waals surface area (Å²) in [7, 11) is 0. The van der Waals surface area contributed by atoms with Gasteiger partial charge in [-0.25, -0.2) is 9.37 Å². The molecule has 0 saturated heterocycles. The molecule has 0 bridgehead atoms. The molecular weight excluding hydrogens is 347 g/mol. The van der Waals surface area contributed by atoms with Crippen molar-refractivity contribution >= 4 is 32.6 Å². The van der Waals surface area contributed by atoms with Gasteiger partial charge in [-0.2, -0.15) is 0 Å². The van der Waals surface area contributed by atoms with Gasteiger partial charge >= 0.3 is 0 Å². The van der Waals surface area contributed by atoms with Crippen LogP contribution in [0.25, 0.3) is 10.2 Å². The van der Waals surface area contributed by atoms with E-state index < -0.39 is 0 Å². The zero-order valence-corrected chi connectivity index (χ0v) is 15.3. The number of hydrogen-bond donors (Lipinski definition) is 0. The van der Waals surface area contributed by atoms with Crippen molar-refractivity contribution in [1.29, 1.82) is 0 Å². The summed E-state index contributed by atoms with van der Waals surface area (Å²) >= 11 is 1.39. The highest BCUT2D eigenvalue weighted by Crippen LogP contribution is 2.34. The molecule has 0 radical (unpaired) electrons. The fraction of sp³-hybridized carbons (Fsp3) is 0.333. The Bertz CT molecular complexity index is 903. The number of anilines is 1. The summed E-state index contributed by atoms with van der Waals surface area (Å²) in [5, 5.41) is 0.588. The number of nitrogens with zero attached hydrogens (tertiary/aromatic N) is 2. The average Bonchev–Trinajstić information content (AvgIpc) is 3.12. The lowest BCUT2D eigenvalue weighted by atomic mass is 9.88. The first kappa shape index (κ1) is 17.2. The smallest absolute Gasteiger partial charge is 0.232 e. The number of amides is 1. The Kier molecular flexibility index (Phi) is 4.98. The van der Waals surface area contributed by atoms with E-state index in [1.54, 1.807) is 11.0 Å². The third-order valence-corrected chi connectivity index (χ3v) is 6.04. The van der Waals surface area contributed by atoms with Crippen LogP contribution in [0.3, 0.4) is 0 Å². The molecular formula is C21H21FN2OS. The van der Waals surface area contributed by atoms with Crippen molar-refractivity contribution in [3.63, 3.8) is 0 Å². The van der Waals surface area contributed by atoms with Gasteiger partial charge in [0.25, 0.3) is 0 Å². The van der Waals surface area contributed by atoms with Crippen molar-refractivity contribution < 1.29 is 9.18 Å². The highest BCUT2D eigenvalue weighted by Gasteiger charge is 2.29. The monoisotopic (exact) mass is 368 g/mol. The molecule has 1 aromatic heterocycles. The minimum atomic E-state index is -0.338. The molecule has 0 N–H and O–H groups in total. The van der Waals surface area contributed by atoms with E-state index >= 15 is 0 Å². The van der Waals surface area contributed by atoms with Crippen LogP contribution in [-0.2, 0) is 11.3 Å². The quantitative estimate of drug-likeness (QED) is 0.605. The van der Waals surface area contributed by atoms with E-state index in [-0.39, 0.29) is 17.6 Å². The van der Waals surface area contributed by atoms with Gasteiger partial charge < -0.3 is 0 Å². The van der Waals surface area contributed by atoms with Crippen LogP contribution >= 0.6 is 11.3 Å². The molecule has 3 nitrogen and oxygen atoms in total. The molecule has 1 fully saturated rings. The molecule has 1 aliphatic rings. The predicted molar refractivity (Wildman–Crippen MR) is 104 cm³/mol. The van der Waals surface area contributed by atoms with Crippen LogP contribution in [0.4, 0.5) is 9.52 Å². The van der Waals surface area contributed by atoms with Crippen LogP contribution in [0.1, 0.15) is 37.7 Å². The van der Waals surface area contributed by atoms with E-state index in [1.807, 2.05) is 36.4 Å². The Balaban J connectivity index is 1.70. The van der Waals surface area contributed by atoms with Crippen molar-refractivity contribution in [2.24, 2.45) is 5.92 Å². The molecule has 1 heterocycles. The number of carbonyl (C=O) groups is 1. The summed E-state index contributed by atoms with van der Waals surface area (Å²) in [6.45, 7) is 0.470. The number of thiazole rings is 1. The van der Waals surface area contributed by atoms with Gasteiger partial charge in [0.15, 0.2) is 5.13 Å². The van der Waals surface area contributed by atoms with Gasteiger partial charge in [0.2, 0.25) is 5.91 Å². The normalized spacial score (nSPS) is 15.3. The van der Waals surface area contributed by atoms with E-state index in [0.29, 0.717) is 17.2 Å². The van der Waals surface area contributed by atoms with Crippen LogP contribution in [0, 0.1) is 11.7 Å². The van der Waals surface area contributed by atoms with E-state index in [0.717, 1.165) is 35.9 Å². The number of rotatable bonds is 4. The van der Waals surface area contributed by atoms with Gasteiger partial charge in [0.1, 0.15) is 11.3 Å². The Labute approximate surface area is 156 Å². The number of para-hydroxylation sites is 1. The van der Waals surface area contributed by atoms with Crippen molar-refractivity contribution in [1.82, 2.24) is 4.98 Å². The van der Waals surface area contributed by atoms with Crippen LogP contribution in [0.5, 0.6) is 0 Å². The van der Waals surface area contributed by atoms with Gasteiger partial charge in [-0.15, -0.1) is 0 Å². The molecule has 0 atom stereocenters. The molecule has 1 aliphatic carbocycles. The van der Waals surface area contributed by atoms with Gasteiger partial charge in [0.05, 0.1) is 11.2 Å². The Morgan fingerprint density at radius 3 is 2.58 bits per heavy atom. The number of fused-ring (bicyclic) bond motifs is 1. The summed E-state index contributed by atoms with van der Waals surface area (Å²) < 4.78 is 14.9. The lowest BCUT2D eigenvalue weighted by molar-refractivity contribution is -0.123. The standard InChI is InChI=1S/C21H21FN2OS/c22-17-12-7-13-18-19(17)23-21(26-18)24(14-15-8-3-1-4-9-15)20(25)16-10-5-2-6-11-16/h1,3-4,7-9,12-13,16H,2,5-6,10-11,14H2. The highest BCUT2D eigenvalue weighted by atomic mass is 32.1. The number of aromatic nitrogens is 1. The van der Waals surface area contributed by atoms with Crippen molar-refractivity contribution in [3.05, 3.63) is 59.9 Å². The first-order valence-corrected chi connectivity index (χ1v) is 9.94. The molecule has 26 heavy (non-hydrogen) atoms. The van der Waals surface area contributed by atoms with E-state index in [2.05, 4.69) is 4.98 Å². The first-order chi connectivity index (χ1) is 12.7. The molecule has 134 valence electrons. The number of hydrogen-bond acceptors (Lipinski definition) is 3. The Morgan fingerprint density at radius 2 is 1.85 bits per heavy atom. The van der Waals surface area contributed by atoms with Gasteiger partial charge in [-0.1, -0.05) is 67.0 Å². The second-order valence-electron chi connectivity index (χ2n) is 6.83. The van der Waals surface area contributed by atoms with Gasteiger partial charge in [-0.3, -0.25) is 9.69 Å². The topological polar surface area (TPSA) is 33.2 Å². The summed E-state index contributed by atoms with van der Waals surface area (Å²) in [4.78, 5) is 19.5. The van der Waals surface area contributed by atoms with Crippen LogP contribution in [-0.4, -0.2) is 10.9 Å². The highest BCUT2D eigenvalue weighted by molar-refractivity contribution is 7.22. The second kappa shape index (κ2) is 7.54. The predicted octanol–water partition coefficient (Wildman–Crippen LogP) is 5.55. The number of benzene rings is 2. The maximum absolute atomic E-state index is 14.1. The second-order valence-corrected chi connectivity index (χ2v) is 7.84. The Morgan fingerprint density at radius 1 is 1.08 bits per heavy atom. The summed E-state index contributed by atoms with van der Waals surface area (Å²) in [5.74, 6) is -0.174. The molecule has 1 amide bonds. The largest absolute Gasteiger partial charge is 0.283 e. The fourth-order valence-electron chi connectivity index (χ4n) is 3.59. The van der Waals surface area contributed by atoms with Crippen LogP contribution < -0.4 is 4.90 Å². The molecule has 5 heteroatoms. The third kappa shape index (κ3) is 3.49. The first-order valence-electron chi connectivity index (χ1n) is 9.13. The molecule has 0 aliphatic heterocycles. The lowest BCUT2D eigenvalue weighted by Crippen LogP contribution is -2.36. The summed E-state index contributed by atoms with van der Waals surface area (Å²) in [6.07, 6.45) is 5.27. The zero-order chi connectivity index (χ0) is 17.9. The van der Waals surface area contributed by atoms with Crippen LogP contribution in [0.2, 0.25) is 0 Å². The fourth-order valence-corrected chi connectivity index (χ4v) is 4.58. The van der Waals surface area contributed by atoms with Crippen LogP contribution in [0.15, 0.2) is 48.5 Å². The Hall–Kier alpha value is -2.27. The maximum atomic E-state index is 14.1. The van der Waals surface area contributed by atoms with E-state index in [1.165, 1.54) is 23.8 Å². The minimum Gasteiger partial charge on any atom is -0.283 e. The minimum absolute atomic E-state index is 0.0457. The molecule has 3 aromatic rings. The molecule has 2 aromatic carbocycles.